The molecule has 0 fully saturated rings. The number of aromatic nitrogens is 1. The number of benzene rings is 1. The van der Waals surface area contributed by atoms with Gasteiger partial charge in [0.25, 0.3) is 5.91 Å². The van der Waals surface area contributed by atoms with Crippen molar-refractivity contribution in [3.8, 4) is 0 Å². The minimum atomic E-state index is -0.0235. The van der Waals surface area contributed by atoms with Gasteiger partial charge in [-0.2, -0.15) is 0 Å². The molecule has 32 heavy (non-hydrogen) atoms. The van der Waals surface area contributed by atoms with Gasteiger partial charge >= 0.3 is 0 Å². The van der Waals surface area contributed by atoms with Crippen LogP contribution in [-0.2, 0) is 13.1 Å². The molecule has 2 heterocycles. The average Bonchev–Trinajstić information content (AvgIpc) is 2.84. The summed E-state index contributed by atoms with van der Waals surface area (Å²) in [5.74, 6) is -0.0235. The van der Waals surface area contributed by atoms with E-state index in [1.54, 1.807) is 12.4 Å². The van der Waals surface area contributed by atoms with E-state index in [-0.39, 0.29) is 11.9 Å². The highest BCUT2D eigenvalue weighted by Gasteiger charge is 2.25. The Labute approximate surface area is 190 Å². The van der Waals surface area contributed by atoms with Gasteiger partial charge in [0.15, 0.2) is 0 Å². The van der Waals surface area contributed by atoms with E-state index < -0.39 is 0 Å². The minimum absolute atomic E-state index is 0.0235. The fourth-order valence-corrected chi connectivity index (χ4v) is 3.94. The molecule has 0 bridgehead atoms. The summed E-state index contributed by atoms with van der Waals surface area (Å²) in [6.07, 6.45) is 20.3. The van der Waals surface area contributed by atoms with Gasteiger partial charge in [-0.3, -0.25) is 9.78 Å². The number of hydrogen-bond acceptors (Lipinski definition) is 4. The van der Waals surface area contributed by atoms with E-state index in [0.29, 0.717) is 18.7 Å². The second-order valence-electron chi connectivity index (χ2n) is 8.02. The number of carbonyl (C=O) groups excluding carboxylic acids is 1. The Kier molecular flexibility index (Phi) is 7.31. The van der Waals surface area contributed by atoms with Gasteiger partial charge in [0, 0.05) is 38.2 Å². The normalized spacial score (nSPS) is 16.6. The van der Waals surface area contributed by atoms with Gasteiger partial charge in [0.05, 0.1) is 17.3 Å². The summed E-state index contributed by atoms with van der Waals surface area (Å²) < 4.78 is 0. The molecule has 0 radical (unpaired) electrons. The molecule has 2 N–H and O–H groups in total. The van der Waals surface area contributed by atoms with Crippen molar-refractivity contribution in [1.82, 2.24) is 15.6 Å². The van der Waals surface area contributed by atoms with Crippen LogP contribution in [0.4, 0.5) is 5.69 Å². The number of nitrogens with one attached hydrogen (secondary N) is 2. The zero-order valence-electron chi connectivity index (χ0n) is 18.5. The lowest BCUT2D eigenvalue weighted by molar-refractivity contribution is 0.0953. The lowest BCUT2D eigenvalue weighted by atomic mass is 9.96. The number of hydrogen-bond donors (Lipinski definition) is 2. The van der Waals surface area contributed by atoms with Crippen molar-refractivity contribution in [3.63, 3.8) is 0 Å². The number of allylic oxidation sites excluding steroid dienone is 4. The smallest absolute Gasteiger partial charge is 0.253 e. The van der Waals surface area contributed by atoms with Crippen LogP contribution in [0.5, 0.6) is 0 Å². The molecule has 1 amide bonds. The van der Waals surface area contributed by atoms with E-state index in [1.807, 2.05) is 30.3 Å². The van der Waals surface area contributed by atoms with Gasteiger partial charge in [0.1, 0.15) is 0 Å². The Morgan fingerprint density at radius 1 is 1.06 bits per heavy atom. The molecule has 1 atom stereocenters. The number of unbranched alkanes of at least 4 members (excludes halogenated alkanes) is 1. The zero-order chi connectivity index (χ0) is 22.2. The molecule has 0 saturated heterocycles. The van der Waals surface area contributed by atoms with Crippen LogP contribution in [0.1, 0.15) is 41.3 Å². The van der Waals surface area contributed by atoms with Gasteiger partial charge in [-0.25, -0.2) is 0 Å². The fourth-order valence-electron chi connectivity index (χ4n) is 3.94. The first kappa shape index (κ1) is 21.8. The first-order valence-electron chi connectivity index (χ1n) is 11.3. The van der Waals surface area contributed by atoms with E-state index in [1.165, 1.54) is 11.1 Å². The number of amides is 1. The molecule has 1 unspecified atom stereocenters. The summed E-state index contributed by atoms with van der Waals surface area (Å²) in [5.41, 5.74) is 5.18. The van der Waals surface area contributed by atoms with E-state index in [9.17, 15) is 4.79 Å². The molecule has 2 aliphatic rings. The van der Waals surface area contributed by atoms with Crippen molar-refractivity contribution in [2.45, 2.75) is 38.9 Å². The van der Waals surface area contributed by atoms with Gasteiger partial charge in [-0.1, -0.05) is 49.8 Å². The van der Waals surface area contributed by atoms with Crippen molar-refractivity contribution in [2.24, 2.45) is 0 Å². The Morgan fingerprint density at radius 3 is 2.75 bits per heavy atom. The lowest BCUT2D eigenvalue weighted by Crippen LogP contribution is -2.35. The van der Waals surface area contributed by atoms with E-state index in [0.717, 1.165) is 30.6 Å². The Balaban J connectivity index is 1.57. The van der Waals surface area contributed by atoms with Crippen LogP contribution in [0, 0.1) is 0 Å². The highest BCUT2D eigenvalue weighted by molar-refractivity contribution is 6.00. The molecule has 164 valence electrons. The molecule has 1 aromatic carbocycles. The van der Waals surface area contributed by atoms with Crippen molar-refractivity contribution in [1.29, 1.82) is 0 Å². The highest BCUT2D eigenvalue weighted by Crippen LogP contribution is 2.31. The average molecular weight is 427 g/mol. The predicted octanol–water partition coefficient (Wildman–Crippen LogP) is 4.66. The van der Waals surface area contributed by atoms with Crippen LogP contribution in [-0.4, -0.2) is 23.5 Å². The fraction of sp³-hybridized carbons (Fsp3) is 0.259. The molecule has 1 aliphatic carbocycles. The topological polar surface area (TPSA) is 57.3 Å². The van der Waals surface area contributed by atoms with E-state index in [2.05, 4.69) is 70.1 Å². The van der Waals surface area contributed by atoms with Crippen LogP contribution in [0.3, 0.4) is 0 Å². The van der Waals surface area contributed by atoms with Gasteiger partial charge < -0.3 is 15.5 Å². The van der Waals surface area contributed by atoms with Crippen LogP contribution < -0.4 is 15.5 Å². The standard InChI is InChI=1S/C27H30N4O/c1-2-3-14-30-27(32)24-11-10-22(20-29-19-21-12-15-28-16-13-21)18-26(24)31-17-6-8-23-7-4-5-9-25(23)31/h4-13,15-18,25,29H,2-3,14,19-20H2,1H3,(H,30,32). The van der Waals surface area contributed by atoms with Crippen molar-refractivity contribution in [2.75, 3.05) is 11.4 Å². The lowest BCUT2D eigenvalue weighted by Gasteiger charge is -2.34. The molecule has 2 aromatic rings. The molecule has 1 aliphatic heterocycles. The summed E-state index contributed by atoms with van der Waals surface area (Å²) in [5, 5.41) is 6.57. The van der Waals surface area contributed by atoms with Crippen LogP contribution in [0.25, 0.3) is 0 Å². The molecular formula is C27H30N4O. The Morgan fingerprint density at radius 2 is 1.91 bits per heavy atom. The summed E-state index contributed by atoms with van der Waals surface area (Å²) >= 11 is 0. The largest absolute Gasteiger partial charge is 0.352 e. The minimum Gasteiger partial charge on any atom is -0.352 e. The SMILES string of the molecule is CCCCNC(=O)c1ccc(CNCc2ccncc2)cc1N1C=CC=C2C=CC=CC21. The maximum atomic E-state index is 13.0. The van der Waals surface area contributed by atoms with Crippen molar-refractivity contribution in [3.05, 3.63) is 108 Å². The van der Waals surface area contributed by atoms with Gasteiger partial charge in [-0.15, -0.1) is 0 Å². The molecule has 4 rings (SSSR count). The number of nitrogens with zero attached hydrogens (tertiary/aromatic N) is 2. The first-order chi connectivity index (χ1) is 15.8. The number of anilines is 1. The van der Waals surface area contributed by atoms with Gasteiger partial charge in [-0.05, 0) is 53.5 Å². The third-order valence-corrected chi connectivity index (χ3v) is 5.68. The summed E-state index contributed by atoms with van der Waals surface area (Å²) in [7, 11) is 0. The van der Waals surface area contributed by atoms with Gasteiger partial charge in [0.2, 0.25) is 0 Å². The second-order valence-corrected chi connectivity index (χ2v) is 8.02. The molecule has 5 heteroatoms. The Bertz CT molecular complexity index is 1050. The Hall–Kier alpha value is -3.44. The van der Waals surface area contributed by atoms with Crippen molar-refractivity contribution < 1.29 is 4.79 Å². The number of rotatable bonds is 9. The molecule has 0 saturated carbocycles. The quantitative estimate of drug-likeness (QED) is 0.573. The summed E-state index contributed by atoms with van der Waals surface area (Å²) in [4.78, 5) is 19.3. The maximum Gasteiger partial charge on any atom is 0.253 e. The van der Waals surface area contributed by atoms with Crippen LogP contribution in [0.2, 0.25) is 0 Å². The summed E-state index contributed by atoms with van der Waals surface area (Å²) in [6.45, 7) is 4.30. The van der Waals surface area contributed by atoms with Crippen LogP contribution >= 0.6 is 0 Å². The first-order valence-corrected chi connectivity index (χ1v) is 11.3. The monoisotopic (exact) mass is 426 g/mol. The number of fused-ring (bicyclic) bond motifs is 1. The van der Waals surface area contributed by atoms with Crippen LogP contribution in [0.15, 0.2) is 91.0 Å². The maximum absolute atomic E-state index is 13.0. The number of carbonyl (C=O) groups is 1. The molecule has 5 nitrogen and oxygen atoms in total. The molecular weight excluding hydrogens is 396 g/mol. The third kappa shape index (κ3) is 5.24. The third-order valence-electron chi connectivity index (χ3n) is 5.68. The molecule has 1 aromatic heterocycles. The van der Waals surface area contributed by atoms with E-state index in [4.69, 9.17) is 0 Å². The zero-order valence-corrected chi connectivity index (χ0v) is 18.5. The second kappa shape index (κ2) is 10.7. The predicted molar refractivity (Wildman–Crippen MR) is 130 cm³/mol. The summed E-state index contributed by atoms with van der Waals surface area (Å²) in [6, 6.07) is 10.2. The van der Waals surface area contributed by atoms with Crippen molar-refractivity contribution >= 4 is 11.6 Å². The highest BCUT2D eigenvalue weighted by atomic mass is 16.1. The van der Waals surface area contributed by atoms with E-state index >= 15 is 0 Å². The molecule has 0 spiro atoms. The number of pyridine rings is 1.